The van der Waals surface area contributed by atoms with Gasteiger partial charge >= 0.3 is 0 Å². The minimum Gasteiger partial charge on any atom is -0.311 e. The molecular weight excluding hydrogens is 1080 g/mol. The first kappa shape index (κ1) is 58.2. The molecule has 89 heavy (non-hydrogen) atoms. The van der Waals surface area contributed by atoms with E-state index in [4.69, 9.17) is 9.97 Å². The standard InChI is InChI=1S/C84H85BN4/c1-79(2,3)56-35-55(36-57(41-56)80(4,5)6)78-86-71-30-24-23-29-66(71)77(87-78)54-39-74-76-75(40-54)89(63-46-60(83(13,14)15)43-61(47-63)84(16,17)18)73-38-53-34-32-51-26-20-22-28-65(51)68(53)49-70(73)85(76)69-48-67-52(33-31-50-25-19-21-27-64(50)67)37-72(69)88(74)62-44-58(81(7,8)9)42-59(45-62)82(10,11)12/h19-49H,1-18H3. The monoisotopic (exact) mass is 1160 g/mol. The van der Waals surface area contributed by atoms with Gasteiger partial charge in [0.05, 0.1) is 11.2 Å². The number of para-hydroxylation sites is 1. The van der Waals surface area contributed by atoms with E-state index >= 15 is 0 Å². The summed E-state index contributed by atoms with van der Waals surface area (Å²) in [7, 11) is 0. The van der Waals surface area contributed by atoms with Gasteiger partial charge in [0.15, 0.2) is 5.82 Å². The third kappa shape index (κ3) is 9.99. The van der Waals surface area contributed by atoms with E-state index in [2.05, 4.69) is 322 Å². The van der Waals surface area contributed by atoms with Gasteiger partial charge in [0, 0.05) is 50.6 Å². The lowest BCUT2D eigenvalue weighted by atomic mass is 9.33. The Morgan fingerprint density at radius 3 is 1.06 bits per heavy atom. The van der Waals surface area contributed by atoms with E-state index < -0.39 is 0 Å². The highest BCUT2D eigenvalue weighted by Gasteiger charge is 2.45. The van der Waals surface area contributed by atoms with Crippen LogP contribution in [0.4, 0.5) is 34.1 Å². The second kappa shape index (κ2) is 20.0. The van der Waals surface area contributed by atoms with Crippen LogP contribution >= 0.6 is 0 Å². The van der Waals surface area contributed by atoms with Gasteiger partial charge in [-0.05, 0) is 192 Å². The van der Waals surface area contributed by atoms with Gasteiger partial charge in [-0.3, -0.25) is 0 Å². The Morgan fingerprint density at radius 1 is 0.292 bits per heavy atom. The molecule has 0 unspecified atom stereocenters. The lowest BCUT2D eigenvalue weighted by Crippen LogP contribution is -2.61. The fourth-order valence-electron chi connectivity index (χ4n) is 13.9. The van der Waals surface area contributed by atoms with Crippen LogP contribution in [0.2, 0.25) is 0 Å². The molecule has 2 aliphatic heterocycles. The predicted molar refractivity (Wildman–Crippen MR) is 387 cm³/mol. The highest BCUT2D eigenvalue weighted by Crippen LogP contribution is 2.51. The van der Waals surface area contributed by atoms with Crippen molar-refractivity contribution in [3.8, 4) is 22.6 Å². The lowest BCUT2D eigenvalue weighted by molar-refractivity contribution is 0.568. The first-order valence-corrected chi connectivity index (χ1v) is 32.3. The molecule has 0 bridgehead atoms. The second-order valence-corrected chi connectivity index (χ2v) is 32.1. The molecule has 0 radical (unpaired) electrons. The molecule has 2 aliphatic rings. The average Bonchev–Trinajstić information content (AvgIpc) is 0.692. The van der Waals surface area contributed by atoms with E-state index in [1.807, 2.05) is 0 Å². The van der Waals surface area contributed by atoms with Crippen molar-refractivity contribution in [2.45, 2.75) is 157 Å². The Balaban J connectivity index is 1.19. The molecule has 3 heterocycles. The Hall–Kier alpha value is -8.54. The predicted octanol–water partition coefficient (Wildman–Crippen LogP) is 21.4. The van der Waals surface area contributed by atoms with Crippen molar-refractivity contribution in [1.29, 1.82) is 0 Å². The number of rotatable bonds is 4. The van der Waals surface area contributed by atoms with Gasteiger partial charge < -0.3 is 9.80 Å². The molecule has 0 saturated carbocycles. The van der Waals surface area contributed by atoms with Crippen molar-refractivity contribution >= 4 is 111 Å². The number of hydrogen-bond donors (Lipinski definition) is 0. The molecule has 0 aliphatic carbocycles. The third-order valence-corrected chi connectivity index (χ3v) is 19.4. The van der Waals surface area contributed by atoms with Crippen LogP contribution in [0.3, 0.4) is 0 Å². The van der Waals surface area contributed by atoms with Gasteiger partial charge in [-0.1, -0.05) is 246 Å². The zero-order chi connectivity index (χ0) is 62.8. The van der Waals surface area contributed by atoms with Gasteiger partial charge in [-0.15, -0.1) is 0 Å². The van der Waals surface area contributed by atoms with Gasteiger partial charge in [-0.25, -0.2) is 9.97 Å². The number of nitrogens with zero attached hydrogens (tertiary/aromatic N) is 4. The Labute approximate surface area is 529 Å². The van der Waals surface area contributed by atoms with E-state index in [9.17, 15) is 0 Å². The number of hydrogen-bond acceptors (Lipinski definition) is 4. The highest BCUT2D eigenvalue weighted by molar-refractivity contribution is 7.00. The number of benzene rings is 11. The SMILES string of the molecule is CC(C)(C)c1cc(-c2nc(-c3cc4c5c(c3)N(c3cc(C(C)(C)C)cc(C(C)(C)C)c3)c3cc6ccc7ccccc7c6cc3B5c3cc5c(ccc6ccccc65)cc3N4c3cc(C(C)(C)C)cc(C(C)(C)C)c3)c3ccccc3n2)cc(C(C)(C)C)c1. The van der Waals surface area contributed by atoms with E-state index in [0.717, 1.165) is 56.3 Å². The molecule has 0 fully saturated rings. The van der Waals surface area contributed by atoms with E-state index in [1.165, 1.54) is 104 Å². The number of aromatic nitrogens is 2. The Morgan fingerprint density at radius 2 is 0.652 bits per heavy atom. The molecule has 0 N–H and O–H groups in total. The van der Waals surface area contributed by atoms with Crippen LogP contribution in [0.5, 0.6) is 0 Å². The minimum atomic E-state index is -0.173. The van der Waals surface area contributed by atoms with Crippen LogP contribution in [-0.2, 0) is 32.5 Å². The van der Waals surface area contributed by atoms with Gasteiger partial charge in [-0.2, -0.15) is 0 Å². The van der Waals surface area contributed by atoms with Gasteiger partial charge in [0.25, 0.3) is 6.71 Å². The van der Waals surface area contributed by atoms with Crippen molar-refractivity contribution in [2.75, 3.05) is 9.80 Å². The summed E-state index contributed by atoms with van der Waals surface area (Å²) in [5.74, 6) is 0.724. The molecule has 5 heteroatoms. The fraction of sp³-hybridized carbons (Fsp3) is 0.286. The maximum Gasteiger partial charge on any atom is 0.252 e. The normalized spacial score (nSPS) is 13.9. The molecule has 12 aromatic rings. The molecule has 0 saturated heterocycles. The number of anilines is 6. The summed E-state index contributed by atoms with van der Waals surface area (Å²) in [6.45, 7) is 42.0. The van der Waals surface area contributed by atoms with Crippen LogP contribution < -0.4 is 26.2 Å². The zero-order valence-electron chi connectivity index (χ0n) is 55.8. The molecule has 0 atom stereocenters. The van der Waals surface area contributed by atoms with Gasteiger partial charge in [0.1, 0.15) is 0 Å². The summed E-state index contributed by atoms with van der Waals surface area (Å²) in [6.07, 6.45) is 0. The van der Waals surface area contributed by atoms with Crippen molar-refractivity contribution in [3.05, 3.63) is 221 Å². The van der Waals surface area contributed by atoms with Crippen molar-refractivity contribution in [3.63, 3.8) is 0 Å². The molecule has 14 rings (SSSR count). The minimum absolute atomic E-state index is 0.0992. The highest BCUT2D eigenvalue weighted by atomic mass is 15.2. The molecule has 444 valence electrons. The van der Waals surface area contributed by atoms with Crippen LogP contribution in [-0.4, -0.2) is 16.7 Å². The van der Waals surface area contributed by atoms with Crippen LogP contribution in [0.15, 0.2) is 188 Å². The first-order valence-electron chi connectivity index (χ1n) is 32.3. The average molecular weight is 1160 g/mol. The van der Waals surface area contributed by atoms with Crippen LogP contribution in [0.25, 0.3) is 76.6 Å². The zero-order valence-corrected chi connectivity index (χ0v) is 55.8. The summed E-state index contributed by atoms with van der Waals surface area (Å²) in [5.41, 5.74) is 21.7. The maximum atomic E-state index is 5.91. The third-order valence-electron chi connectivity index (χ3n) is 19.4. The quantitative estimate of drug-likeness (QED) is 0.130. The van der Waals surface area contributed by atoms with Gasteiger partial charge in [0.2, 0.25) is 0 Å². The summed E-state index contributed by atoms with van der Waals surface area (Å²) < 4.78 is 0. The summed E-state index contributed by atoms with van der Waals surface area (Å²) in [4.78, 5) is 16.7. The topological polar surface area (TPSA) is 32.3 Å². The molecule has 0 spiro atoms. The summed E-state index contributed by atoms with van der Waals surface area (Å²) >= 11 is 0. The molecule has 11 aromatic carbocycles. The smallest absolute Gasteiger partial charge is 0.252 e. The second-order valence-electron chi connectivity index (χ2n) is 32.1. The summed E-state index contributed by atoms with van der Waals surface area (Å²) in [6, 6.07) is 73.1. The molecule has 1 aromatic heterocycles. The number of fused-ring (bicyclic) bond motifs is 11. The summed E-state index contributed by atoms with van der Waals surface area (Å²) in [5, 5.41) is 11.0. The van der Waals surface area contributed by atoms with E-state index in [-0.39, 0.29) is 39.2 Å². The Bertz CT molecular complexity index is 4600. The largest absolute Gasteiger partial charge is 0.311 e. The maximum absolute atomic E-state index is 5.91. The molecule has 0 amide bonds. The lowest BCUT2D eigenvalue weighted by Gasteiger charge is -2.45. The fourth-order valence-corrected chi connectivity index (χ4v) is 13.9. The van der Waals surface area contributed by atoms with Crippen molar-refractivity contribution in [1.82, 2.24) is 9.97 Å². The molecule has 4 nitrogen and oxygen atoms in total. The van der Waals surface area contributed by atoms with E-state index in [1.54, 1.807) is 0 Å². The van der Waals surface area contributed by atoms with E-state index in [0.29, 0.717) is 0 Å². The molecular formula is C84H85BN4. The van der Waals surface area contributed by atoms with Crippen molar-refractivity contribution in [2.24, 2.45) is 0 Å². The van der Waals surface area contributed by atoms with Crippen LogP contribution in [0.1, 0.15) is 158 Å². The van der Waals surface area contributed by atoms with Crippen LogP contribution in [0, 0.1) is 0 Å². The van der Waals surface area contributed by atoms with Crippen molar-refractivity contribution < 1.29 is 0 Å². The first-order chi connectivity index (χ1) is 41.9. The Kier molecular flexibility index (Phi) is 13.1.